The number of nitrogens with one attached hydrogen (secondary N) is 1. The van der Waals surface area contributed by atoms with Crippen LogP contribution in [0.15, 0.2) is 29.8 Å². The molecule has 0 aliphatic heterocycles. The number of carbonyl (C=O) groups is 1. The van der Waals surface area contributed by atoms with Gasteiger partial charge in [0.05, 0.1) is 19.3 Å². The molecule has 2 N–H and O–H groups in total. The van der Waals surface area contributed by atoms with Gasteiger partial charge in [0.25, 0.3) is 5.91 Å². The van der Waals surface area contributed by atoms with Gasteiger partial charge in [-0.2, -0.15) is 0 Å². The SMILES string of the molecule is COc1ccc(C(=O)NC(C)(C)c2nccs2)cc1OCCO. The van der Waals surface area contributed by atoms with Crippen LogP contribution < -0.4 is 14.8 Å². The predicted molar refractivity (Wildman–Crippen MR) is 88.2 cm³/mol. The number of aliphatic hydroxyl groups is 1. The molecule has 1 heterocycles. The Hall–Kier alpha value is -2.12. The third-order valence-electron chi connectivity index (χ3n) is 3.17. The largest absolute Gasteiger partial charge is 0.493 e. The zero-order valence-corrected chi connectivity index (χ0v) is 14.1. The summed E-state index contributed by atoms with van der Waals surface area (Å²) in [6, 6.07) is 4.93. The van der Waals surface area contributed by atoms with E-state index in [4.69, 9.17) is 14.6 Å². The van der Waals surface area contributed by atoms with Crippen LogP contribution in [0.1, 0.15) is 29.2 Å². The van der Waals surface area contributed by atoms with Crippen LogP contribution in [0.5, 0.6) is 11.5 Å². The lowest BCUT2D eigenvalue weighted by Crippen LogP contribution is -2.40. The van der Waals surface area contributed by atoms with Gasteiger partial charge >= 0.3 is 0 Å². The molecule has 0 radical (unpaired) electrons. The van der Waals surface area contributed by atoms with E-state index < -0.39 is 5.54 Å². The molecule has 0 aliphatic rings. The summed E-state index contributed by atoms with van der Waals surface area (Å²) in [4.78, 5) is 16.8. The van der Waals surface area contributed by atoms with Gasteiger partial charge in [0, 0.05) is 17.1 Å². The summed E-state index contributed by atoms with van der Waals surface area (Å²) in [7, 11) is 1.52. The van der Waals surface area contributed by atoms with Crippen LogP contribution in [0, 0.1) is 0 Å². The number of ether oxygens (including phenoxy) is 2. The van der Waals surface area contributed by atoms with Gasteiger partial charge in [-0.05, 0) is 32.0 Å². The summed E-state index contributed by atoms with van der Waals surface area (Å²) in [6.07, 6.45) is 1.71. The number of hydrogen-bond donors (Lipinski definition) is 2. The maximum atomic E-state index is 12.5. The van der Waals surface area contributed by atoms with Crippen LogP contribution in [-0.4, -0.2) is 36.3 Å². The fourth-order valence-corrected chi connectivity index (χ4v) is 2.75. The number of carbonyl (C=O) groups excluding carboxylic acids is 1. The van der Waals surface area contributed by atoms with Crippen molar-refractivity contribution in [3.05, 3.63) is 40.3 Å². The number of amides is 1. The minimum atomic E-state index is -0.572. The molecular weight excluding hydrogens is 316 g/mol. The second kappa shape index (κ2) is 7.43. The van der Waals surface area contributed by atoms with Crippen molar-refractivity contribution in [1.29, 1.82) is 0 Å². The Morgan fingerprint density at radius 2 is 2.17 bits per heavy atom. The van der Waals surface area contributed by atoms with E-state index in [1.165, 1.54) is 18.4 Å². The van der Waals surface area contributed by atoms with Crippen molar-refractivity contribution in [2.75, 3.05) is 20.3 Å². The number of methoxy groups -OCH3 is 1. The highest BCUT2D eigenvalue weighted by atomic mass is 32.1. The Bertz CT molecular complexity index is 656. The van der Waals surface area contributed by atoms with Crippen molar-refractivity contribution in [3.63, 3.8) is 0 Å². The monoisotopic (exact) mass is 336 g/mol. The number of benzene rings is 1. The van der Waals surface area contributed by atoms with Crippen LogP contribution in [-0.2, 0) is 5.54 Å². The van der Waals surface area contributed by atoms with Gasteiger partial charge < -0.3 is 19.9 Å². The molecule has 1 aromatic carbocycles. The maximum absolute atomic E-state index is 12.5. The van der Waals surface area contributed by atoms with Gasteiger partial charge in [0.2, 0.25) is 0 Å². The Balaban J connectivity index is 2.19. The highest BCUT2D eigenvalue weighted by molar-refractivity contribution is 7.09. The minimum Gasteiger partial charge on any atom is -0.493 e. The third kappa shape index (κ3) is 4.20. The number of thiazole rings is 1. The van der Waals surface area contributed by atoms with Gasteiger partial charge in [-0.3, -0.25) is 4.79 Å². The molecule has 0 aliphatic carbocycles. The molecule has 0 bridgehead atoms. The number of aliphatic hydroxyl groups excluding tert-OH is 1. The second-order valence-electron chi connectivity index (χ2n) is 5.35. The van der Waals surface area contributed by atoms with Crippen molar-refractivity contribution >= 4 is 17.2 Å². The number of nitrogens with zero attached hydrogens (tertiary/aromatic N) is 1. The molecule has 0 fully saturated rings. The van der Waals surface area contributed by atoms with E-state index in [-0.39, 0.29) is 19.1 Å². The van der Waals surface area contributed by atoms with Gasteiger partial charge in [0.1, 0.15) is 11.6 Å². The van der Waals surface area contributed by atoms with Crippen molar-refractivity contribution < 1.29 is 19.4 Å². The van der Waals surface area contributed by atoms with Crippen molar-refractivity contribution in [2.24, 2.45) is 0 Å². The molecule has 0 spiro atoms. The molecule has 7 heteroatoms. The van der Waals surface area contributed by atoms with Gasteiger partial charge in [-0.25, -0.2) is 4.98 Å². The molecule has 0 saturated heterocycles. The van der Waals surface area contributed by atoms with Crippen LogP contribution in [0.3, 0.4) is 0 Å². The molecular formula is C16H20N2O4S. The van der Waals surface area contributed by atoms with E-state index >= 15 is 0 Å². The van der Waals surface area contributed by atoms with Gasteiger partial charge in [0.15, 0.2) is 11.5 Å². The van der Waals surface area contributed by atoms with E-state index in [2.05, 4.69) is 10.3 Å². The van der Waals surface area contributed by atoms with Crippen LogP contribution in [0.4, 0.5) is 0 Å². The lowest BCUT2D eigenvalue weighted by Gasteiger charge is -2.24. The lowest BCUT2D eigenvalue weighted by molar-refractivity contribution is 0.0911. The third-order valence-corrected chi connectivity index (χ3v) is 4.26. The first kappa shape index (κ1) is 17.2. The standard InChI is InChI=1S/C16H20N2O4S/c1-16(2,15-17-6-9-23-15)18-14(20)11-4-5-12(21-3)13(10-11)22-8-7-19/h4-6,9-10,19H,7-8H2,1-3H3,(H,18,20). The fourth-order valence-electron chi connectivity index (χ4n) is 2.03. The Kier molecular flexibility index (Phi) is 5.57. The molecule has 0 saturated carbocycles. The smallest absolute Gasteiger partial charge is 0.252 e. The van der Waals surface area contributed by atoms with E-state index in [0.29, 0.717) is 17.1 Å². The molecule has 1 aromatic heterocycles. The quantitative estimate of drug-likeness (QED) is 0.810. The van der Waals surface area contributed by atoms with Crippen LogP contribution >= 0.6 is 11.3 Å². The number of aromatic nitrogens is 1. The normalized spacial score (nSPS) is 11.1. The molecule has 0 unspecified atom stereocenters. The number of hydrogen-bond acceptors (Lipinski definition) is 6. The molecule has 0 atom stereocenters. The molecule has 6 nitrogen and oxygen atoms in total. The van der Waals surface area contributed by atoms with Crippen molar-refractivity contribution in [3.8, 4) is 11.5 Å². The highest BCUT2D eigenvalue weighted by Gasteiger charge is 2.26. The first-order valence-corrected chi connectivity index (χ1v) is 8.00. The molecule has 1 amide bonds. The maximum Gasteiger partial charge on any atom is 0.252 e. The average molecular weight is 336 g/mol. The summed E-state index contributed by atoms with van der Waals surface area (Å²) in [5.74, 6) is 0.692. The van der Waals surface area contributed by atoms with Crippen molar-refractivity contribution in [1.82, 2.24) is 10.3 Å². The minimum absolute atomic E-state index is 0.114. The van der Waals surface area contributed by atoms with E-state index in [1.54, 1.807) is 24.4 Å². The van der Waals surface area contributed by atoms with Gasteiger partial charge in [-0.15, -0.1) is 11.3 Å². The van der Waals surface area contributed by atoms with Gasteiger partial charge in [-0.1, -0.05) is 0 Å². The van der Waals surface area contributed by atoms with E-state index in [1.807, 2.05) is 19.2 Å². The molecule has 2 aromatic rings. The first-order valence-electron chi connectivity index (χ1n) is 7.12. The number of rotatable bonds is 7. The van der Waals surface area contributed by atoms with E-state index in [9.17, 15) is 4.79 Å². The second-order valence-corrected chi connectivity index (χ2v) is 6.25. The first-order chi connectivity index (χ1) is 11.0. The van der Waals surface area contributed by atoms with Crippen LogP contribution in [0.2, 0.25) is 0 Å². The Morgan fingerprint density at radius 1 is 1.39 bits per heavy atom. The summed E-state index contributed by atoms with van der Waals surface area (Å²) in [5, 5.41) is 14.5. The van der Waals surface area contributed by atoms with Crippen LogP contribution in [0.25, 0.3) is 0 Å². The van der Waals surface area contributed by atoms with E-state index in [0.717, 1.165) is 5.01 Å². The summed E-state index contributed by atoms with van der Waals surface area (Å²) in [6.45, 7) is 3.82. The Morgan fingerprint density at radius 3 is 2.78 bits per heavy atom. The fraction of sp³-hybridized carbons (Fsp3) is 0.375. The lowest BCUT2D eigenvalue weighted by atomic mass is 10.1. The summed E-state index contributed by atoms with van der Waals surface area (Å²) < 4.78 is 10.6. The molecule has 124 valence electrons. The summed E-state index contributed by atoms with van der Waals surface area (Å²) >= 11 is 1.49. The predicted octanol–water partition coefficient (Wildman–Crippen LogP) is 2.19. The zero-order chi connectivity index (χ0) is 16.9. The zero-order valence-electron chi connectivity index (χ0n) is 13.3. The average Bonchev–Trinajstić information content (AvgIpc) is 3.07. The molecule has 2 rings (SSSR count). The Labute approximate surface area is 139 Å². The summed E-state index contributed by atoms with van der Waals surface area (Å²) in [5.41, 5.74) is -0.125. The topological polar surface area (TPSA) is 80.7 Å². The van der Waals surface area contributed by atoms with Crippen molar-refractivity contribution in [2.45, 2.75) is 19.4 Å². The molecule has 23 heavy (non-hydrogen) atoms. The highest BCUT2D eigenvalue weighted by Crippen LogP contribution is 2.29.